The van der Waals surface area contributed by atoms with E-state index in [0.29, 0.717) is 12.5 Å². The van der Waals surface area contributed by atoms with Gasteiger partial charge in [0.2, 0.25) is 0 Å². The number of aromatic nitrogens is 2. The Morgan fingerprint density at radius 1 is 1.24 bits per heavy atom. The van der Waals surface area contributed by atoms with E-state index in [2.05, 4.69) is 20.3 Å². The van der Waals surface area contributed by atoms with Crippen molar-refractivity contribution in [1.82, 2.24) is 9.97 Å². The molecule has 3 aromatic rings. The van der Waals surface area contributed by atoms with Gasteiger partial charge in [0.25, 0.3) is 0 Å². The Labute approximate surface area is 126 Å². The number of nitrogens with zero attached hydrogens (tertiary/aromatic N) is 2. The van der Waals surface area contributed by atoms with Crippen molar-refractivity contribution in [3.05, 3.63) is 59.6 Å². The lowest BCUT2D eigenvalue weighted by molar-refractivity contribution is 1.06. The first kappa shape index (κ1) is 13.4. The van der Waals surface area contributed by atoms with Gasteiger partial charge in [0, 0.05) is 11.6 Å². The lowest BCUT2D eigenvalue weighted by Gasteiger charge is -2.01. The number of aliphatic imine (C=N–C) groups is 1. The summed E-state index contributed by atoms with van der Waals surface area (Å²) in [6, 6.07) is 13.9. The fourth-order valence-corrected chi connectivity index (χ4v) is 2.57. The molecule has 3 rings (SSSR count). The van der Waals surface area contributed by atoms with Crippen LogP contribution in [-0.4, -0.2) is 15.9 Å². The number of benzene rings is 1. The molecule has 6 heteroatoms. The molecule has 0 fully saturated rings. The lowest BCUT2D eigenvalue weighted by atomic mass is 10.2. The number of H-pyrrole nitrogens is 1. The quantitative estimate of drug-likeness (QED) is 0.511. The maximum absolute atomic E-state index is 5.88. The highest BCUT2D eigenvalue weighted by Gasteiger charge is 2.05. The molecular weight excluding hydrogens is 282 g/mol. The third-order valence-electron chi connectivity index (χ3n) is 2.89. The minimum atomic E-state index is 0.367. The fourth-order valence-electron chi connectivity index (χ4n) is 1.85. The average Bonchev–Trinajstić information content (AvgIpc) is 3.17. The Balaban J connectivity index is 1.63. The van der Waals surface area contributed by atoms with E-state index < -0.39 is 0 Å². The standard InChI is InChI=1S/C15H15N5S/c16-14(18-9-11-5-2-1-3-6-11)20-15-19-13(10-21-15)12-7-4-8-17-12/h1-8,10,17H,9H2,(H3,16,18,19,20). The van der Waals surface area contributed by atoms with Crippen LogP contribution in [0.3, 0.4) is 0 Å². The number of nitrogens with two attached hydrogens (primary N) is 1. The van der Waals surface area contributed by atoms with Crippen molar-refractivity contribution in [2.24, 2.45) is 10.7 Å². The van der Waals surface area contributed by atoms with E-state index in [0.717, 1.165) is 22.1 Å². The van der Waals surface area contributed by atoms with Crippen molar-refractivity contribution in [3.63, 3.8) is 0 Å². The Bertz CT molecular complexity index is 716. The van der Waals surface area contributed by atoms with Gasteiger partial charge >= 0.3 is 0 Å². The largest absolute Gasteiger partial charge is 0.370 e. The van der Waals surface area contributed by atoms with Crippen LogP contribution < -0.4 is 11.1 Å². The second kappa shape index (κ2) is 6.23. The first-order valence-electron chi connectivity index (χ1n) is 6.51. The van der Waals surface area contributed by atoms with Gasteiger partial charge in [-0.3, -0.25) is 0 Å². The third kappa shape index (κ3) is 3.49. The van der Waals surface area contributed by atoms with Crippen molar-refractivity contribution in [2.75, 3.05) is 5.32 Å². The van der Waals surface area contributed by atoms with Crippen molar-refractivity contribution in [2.45, 2.75) is 6.54 Å². The van der Waals surface area contributed by atoms with E-state index in [1.807, 2.05) is 54.0 Å². The fraction of sp³-hybridized carbons (Fsp3) is 0.0667. The summed E-state index contributed by atoms with van der Waals surface area (Å²) >= 11 is 1.49. The minimum Gasteiger partial charge on any atom is -0.370 e. The molecule has 2 heterocycles. The molecule has 1 aromatic carbocycles. The zero-order valence-electron chi connectivity index (χ0n) is 11.3. The molecule has 0 amide bonds. The molecule has 2 aromatic heterocycles. The average molecular weight is 297 g/mol. The number of hydrogen-bond acceptors (Lipinski definition) is 3. The zero-order chi connectivity index (χ0) is 14.5. The Hall–Kier alpha value is -2.60. The van der Waals surface area contributed by atoms with Crippen LogP contribution in [0.15, 0.2) is 59.0 Å². The summed E-state index contributed by atoms with van der Waals surface area (Å²) in [5.74, 6) is 0.367. The second-order valence-electron chi connectivity index (χ2n) is 4.43. The molecule has 0 saturated heterocycles. The SMILES string of the molecule is NC(=NCc1ccccc1)Nc1nc(-c2ccc[nH]2)cs1. The summed E-state index contributed by atoms with van der Waals surface area (Å²) in [5, 5.41) is 5.72. The van der Waals surface area contributed by atoms with Gasteiger partial charge in [0.15, 0.2) is 11.1 Å². The van der Waals surface area contributed by atoms with Gasteiger partial charge in [-0.25, -0.2) is 9.98 Å². The molecule has 0 aliphatic rings. The summed E-state index contributed by atoms with van der Waals surface area (Å²) in [6.45, 7) is 0.550. The molecule has 0 bridgehead atoms. The maximum atomic E-state index is 5.88. The molecule has 0 atom stereocenters. The number of nitrogens with one attached hydrogen (secondary N) is 2. The van der Waals surface area contributed by atoms with Gasteiger partial charge in [0.05, 0.1) is 17.9 Å². The van der Waals surface area contributed by atoms with Crippen LogP contribution in [0.25, 0.3) is 11.4 Å². The highest BCUT2D eigenvalue weighted by Crippen LogP contribution is 2.23. The summed E-state index contributed by atoms with van der Waals surface area (Å²) in [4.78, 5) is 11.9. The normalized spacial score (nSPS) is 11.5. The van der Waals surface area contributed by atoms with E-state index in [9.17, 15) is 0 Å². The van der Waals surface area contributed by atoms with Gasteiger partial charge in [-0.05, 0) is 17.7 Å². The van der Waals surface area contributed by atoms with E-state index in [1.54, 1.807) is 0 Å². The Morgan fingerprint density at radius 2 is 2.10 bits per heavy atom. The van der Waals surface area contributed by atoms with Gasteiger partial charge in [-0.15, -0.1) is 11.3 Å². The Kier molecular flexibility index (Phi) is 3.97. The molecule has 0 aliphatic carbocycles. The van der Waals surface area contributed by atoms with Crippen molar-refractivity contribution < 1.29 is 0 Å². The first-order chi connectivity index (χ1) is 10.3. The third-order valence-corrected chi connectivity index (χ3v) is 3.65. The van der Waals surface area contributed by atoms with Gasteiger partial charge in [-0.1, -0.05) is 30.3 Å². The summed E-state index contributed by atoms with van der Waals surface area (Å²) in [6.07, 6.45) is 1.87. The molecule has 0 spiro atoms. The van der Waals surface area contributed by atoms with Crippen LogP contribution in [0.2, 0.25) is 0 Å². The number of anilines is 1. The van der Waals surface area contributed by atoms with Crippen LogP contribution in [0.5, 0.6) is 0 Å². The van der Waals surface area contributed by atoms with Gasteiger partial charge < -0.3 is 16.0 Å². The second-order valence-corrected chi connectivity index (χ2v) is 5.29. The van der Waals surface area contributed by atoms with Crippen LogP contribution in [0, 0.1) is 0 Å². The molecular formula is C15H15N5S. The van der Waals surface area contributed by atoms with Gasteiger partial charge in [-0.2, -0.15) is 0 Å². The van der Waals surface area contributed by atoms with Crippen LogP contribution >= 0.6 is 11.3 Å². The summed E-state index contributed by atoms with van der Waals surface area (Å²) < 4.78 is 0. The van der Waals surface area contributed by atoms with E-state index in [1.165, 1.54) is 11.3 Å². The molecule has 0 unspecified atom stereocenters. The van der Waals surface area contributed by atoms with E-state index in [4.69, 9.17) is 5.73 Å². The molecule has 0 radical (unpaired) electrons. The smallest absolute Gasteiger partial charge is 0.195 e. The van der Waals surface area contributed by atoms with Crippen molar-refractivity contribution >= 4 is 22.4 Å². The Morgan fingerprint density at radius 3 is 2.86 bits per heavy atom. The number of guanidine groups is 1. The number of rotatable bonds is 4. The topological polar surface area (TPSA) is 79.1 Å². The summed E-state index contributed by atoms with van der Waals surface area (Å²) in [7, 11) is 0. The molecule has 106 valence electrons. The molecule has 0 saturated carbocycles. The van der Waals surface area contributed by atoms with Crippen LogP contribution in [0.1, 0.15) is 5.56 Å². The van der Waals surface area contributed by atoms with Gasteiger partial charge in [0.1, 0.15) is 0 Å². The van der Waals surface area contributed by atoms with E-state index in [-0.39, 0.29) is 0 Å². The highest BCUT2D eigenvalue weighted by molar-refractivity contribution is 7.14. The molecule has 0 aliphatic heterocycles. The molecule has 21 heavy (non-hydrogen) atoms. The van der Waals surface area contributed by atoms with Crippen LogP contribution in [-0.2, 0) is 6.54 Å². The van der Waals surface area contributed by atoms with Crippen molar-refractivity contribution in [3.8, 4) is 11.4 Å². The monoisotopic (exact) mass is 297 g/mol. The van der Waals surface area contributed by atoms with E-state index >= 15 is 0 Å². The number of hydrogen-bond donors (Lipinski definition) is 3. The zero-order valence-corrected chi connectivity index (χ0v) is 12.1. The first-order valence-corrected chi connectivity index (χ1v) is 7.39. The predicted molar refractivity (Wildman–Crippen MR) is 87.3 cm³/mol. The number of thiazole rings is 1. The van der Waals surface area contributed by atoms with Crippen LogP contribution in [0.4, 0.5) is 5.13 Å². The maximum Gasteiger partial charge on any atom is 0.195 e. The minimum absolute atomic E-state index is 0.367. The molecule has 5 nitrogen and oxygen atoms in total. The molecule has 4 N–H and O–H groups in total. The number of aromatic amines is 1. The summed E-state index contributed by atoms with van der Waals surface area (Å²) in [5.41, 5.74) is 8.88. The predicted octanol–water partition coefficient (Wildman–Crippen LogP) is 3.07. The van der Waals surface area contributed by atoms with Crippen molar-refractivity contribution in [1.29, 1.82) is 0 Å². The lowest BCUT2D eigenvalue weighted by Crippen LogP contribution is -2.22. The highest BCUT2D eigenvalue weighted by atomic mass is 32.1.